The van der Waals surface area contributed by atoms with Crippen LogP contribution in [0.4, 0.5) is 10.5 Å². The lowest BCUT2D eigenvalue weighted by Gasteiger charge is -2.56. The van der Waals surface area contributed by atoms with Gasteiger partial charge in [-0.1, -0.05) is 0 Å². The van der Waals surface area contributed by atoms with Gasteiger partial charge in [-0.25, -0.2) is 9.59 Å². The van der Waals surface area contributed by atoms with Crippen molar-refractivity contribution in [3.8, 4) is 0 Å². The van der Waals surface area contributed by atoms with Gasteiger partial charge < -0.3 is 20.4 Å². The highest BCUT2D eigenvalue weighted by molar-refractivity contribution is 5.95. The molecule has 1 aromatic heterocycles. The number of amides is 2. The summed E-state index contributed by atoms with van der Waals surface area (Å²) in [4.78, 5) is 39.7. The Morgan fingerprint density at radius 3 is 2.34 bits per heavy atom. The molecule has 3 N–H and O–H groups in total. The summed E-state index contributed by atoms with van der Waals surface area (Å²) in [5, 5.41) is 6.57. The molecule has 29 heavy (non-hydrogen) atoms. The van der Waals surface area contributed by atoms with Crippen LogP contribution in [0.3, 0.4) is 0 Å². The molecule has 4 aliphatic carbocycles. The summed E-state index contributed by atoms with van der Waals surface area (Å²) in [5.74, 6) is 1.67. The number of hydrogen-bond donors (Lipinski definition) is 3. The zero-order chi connectivity index (χ0) is 20.2. The summed E-state index contributed by atoms with van der Waals surface area (Å²) < 4.78 is 4.66. The van der Waals surface area contributed by atoms with E-state index in [9.17, 15) is 14.4 Å². The number of H-pyrrole nitrogens is 1. The molecule has 7 heteroatoms. The number of aromatic amines is 1. The van der Waals surface area contributed by atoms with E-state index in [-0.39, 0.29) is 22.7 Å². The van der Waals surface area contributed by atoms with Crippen LogP contribution < -0.4 is 16.1 Å². The Morgan fingerprint density at radius 1 is 1.07 bits per heavy atom. The van der Waals surface area contributed by atoms with Crippen molar-refractivity contribution in [2.24, 2.45) is 17.8 Å². The molecule has 6 rings (SSSR count). The van der Waals surface area contributed by atoms with E-state index >= 15 is 0 Å². The number of benzene rings is 1. The first kappa shape index (κ1) is 18.2. The molecule has 4 aliphatic rings. The molecule has 7 nitrogen and oxygen atoms in total. The Kier molecular flexibility index (Phi) is 4.15. The van der Waals surface area contributed by atoms with Crippen molar-refractivity contribution in [3.63, 3.8) is 0 Å². The van der Waals surface area contributed by atoms with Crippen LogP contribution in [-0.4, -0.2) is 29.6 Å². The minimum Gasteiger partial charge on any atom is -0.464 e. The molecule has 1 heterocycles. The van der Waals surface area contributed by atoms with Crippen molar-refractivity contribution in [3.05, 3.63) is 40.2 Å². The van der Waals surface area contributed by atoms with Crippen LogP contribution in [0.1, 0.15) is 49.0 Å². The maximum Gasteiger partial charge on any atom is 0.354 e. The third-order valence-corrected chi connectivity index (χ3v) is 6.91. The van der Waals surface area contributed by atoms with E-state index in [0.717, 1.165) is 37.0 Å². The third kappa shape index (κ3) is 3.28. The molecule has 2 amide bonds. The summed E-state index contributed by atoms with van der Waals surface area (Å²) in [6, 6.07) is 6.04. The van der Waals surface area contributed by atoms with Gasteiger partial charge in [-0.2, -0.15) is 0 Å². The monoisotopic (exact) mass is 395 g/mol. The highest BCUT2D eigenvalue weighted by atomic mass is 16.5. The fourth-order valence-electron chi connectivity index (χ4n) is 6.21. The molecule has 0 unspecified atom stereocenters. The Balaban J connectivity index is 1.34. The lowest BCUT2D eigenvalue weighted by Crippen LogP contribution is -2.60. The Morgan fingerprint density at radius 2 is 1.72 bits per heavy atom. The van der Waals surface area contributed by atoms with Gasteiger partial charge in [0, 0.05) is 22.7 Å². The van der Waals surface area contributed by atoms with Crippen molar-refractivity contribution in [1.29, 1.82) is 0 Å². The summed E-state index contributed by atoms with van der Waals surface area (Å²) in [7, 11) is 1.26. The average Bonchev–Trinajstić information content (AvgIpc) is 2.66. The molecule has 4 fully saturated rings. The highest BCUT2D eigenvalue weighted by Crippen LogP contribution is 2.55. The summed E-state index contributed by atoms with van der Waals surface area (Å²) in [5.41, 5.74) is 0.804. The number of fused-ring (bicyclic) bond motifs is 1. The van der Waals surface area contributed by atoms with Crippen LogP contribution in [-0.2, 0) is 4.74 Å². The van der Waals surface area contributed by atoms with Gasteiger partial charge >= 0.3 is 12.0 Å². The van der Waals surface area contributed by atoms with Crippen LogP contribution in [0.15, 0.2) is 29.1 Å². The minimum absolute atomic E-state index is 0.0669. The third-order valence-electron chi connectivity index (χ3n) is 6.91. The number of anilines is 1. The second-order valence-corrected chi connectivity index (χ2v) is 9.08. The lowest BCUT2D eigenvalue weighted by atomic mass is 9.53. The zero-order valence-corrected chi connectivity index (χ0v) is 16.4. The van der Waals surface area contributed by atoms with E-state index in [4.69, 9.17) is 0 Å². The molecule has 4 saturated carbocycles. The van der Waals surface area contributed by atoms with Gasteiger partial charge in [-0.3, -0.25) is 4.79 Å². The second kappa shape index (κ2) is 6.61. The van der Waals surface area contributed by atoms with E-state index in [1.807, 2.05) is 0 Å². The number of nitrogens with one attached hydrogen (secondary N) is 3. The largest absolute Gasteiger partial charge is 0.464 e. The molecule has 0 atom stereocenters. The molecular weight excluding hydrogens is 370 g/mol. The fraction of sp³-hybridized carbons (Fsp3) is 0.500. The maximum atomic E-state index is 12.7. The van der Waals surface area contributed by atoms with E-state index in [1.54, 1.807) is 18.2 Å². The highest BCUT2D eigenvalue weighted by Gasteiger charge is 2.51. The van der Waals surface area contributed by atoms with Gasteiger partial charge in [0.1, 0.15) is 5.69 Å². The molecular formula is C22H25N3O4. The van der Waals surface area contributed by atoms with Gasteiger partial charge in [0.2, 0.25) is 0 Å². The van der Waals surface area contributed by atoms with Crippen molar-refractivity contribution in [1.82, 2.24) is 10.3 Å². The van der Waals surface area contributed by atoms with Gasteiger partial charge in [0.15, 0.2) is 5.43 Å². The van der Waals surface area contributed by atoms with Crippen LogP contribution >= 0.6 is 0 Å². The number of aromatic nitrogens is 1. The number of urea groups is 1. The van der Waals surface area contributed by atoms with E-state index < -0.39 is 5.97 Å². The molecule has 152 valence electrons. The number of rotatable bonds is 3. The second-order valence-electron chi connectivity index (χ2n) is 9.08. The quantitative estimate of drug-likeness (QED) is 0.694. The number of carbonyl (C=O) groups is 2. The topological polar surface area (TPSA) is 100 Å². The number of carbonyl (C=O) groups excluding carboxylic acids is 2. The summed E-state index contributed by atoms with van der Waals surface area (Å²) in [6.07, 6.45) is 7.22. The van der Waals surface area contributed by atoms with Crippen molar-refractivity contribution in [2.45, 2.75) is 44.1 Å². The normalized spacial score (nSPS) is 29.6. The minimum atomic E-state index is -0.596. The number of ether oxygens (including phenoxy) is 1. The Labute approximate surface area is 168 Å². The number of pyridine rings is 1. The molecule has 2 aromatic rings. The number of esters is 1. The standard InChI is InChI=1S/C22H25N3O4/c1-29-20(27)18-8-19(26)16-7-15(2-3-17(16)24-18)23-21(28)25-22-9-12-4-13(10-22)6-14(5-12)11-22/h2-3,7-8,12-14H,4-6,9-11H2,1H3,(H,24,26)(H2,23,25,28). The first-order chi connectivity index (χ1) is 13.9. The van der Waals surface area contributed by atoms with E-state index in [2.05, 4.69) is 20.4 Å². The fourth-order valence-corrected chi connectivity index (χ4v) is 6.21. The molecule has 0 radical (unpaired) electrons. The molecule has 4 bridgehead atoms. The van der Waals surface area contributed by atoms with Crippen LogP contribution in [0, 0.1) is 17.8 Å². The summed E-state index contributed by atoms with van der Waals surface area (Å²) >= 11 is 0. The zero-order valence-electron chi connectivity index (χ0n) is 16.4. The van der Waals surface area contributed by atoms with Crippen molar-refractivity contribution in [2.75, 3.05) is 12.4 Å². The smallest absolute Gasteiger partial charge is 0.354 e. The Hall–Kier alpha value is -2.83. The van der Waals surface area contributed by atoms with Gasteiger partial charge in [0.25, 0.3) is 0 Å². The first-order valence-electron chi connectivity index (χ1n) is 10.3. The average molecular weight is 395 g/mol. The van der Waals surface area contributed by atoms with Gasteiger partial charge in [-0.15, -0.1) is 0 Å². The predicted octanol–water partition coefficient (Wildman–Crippen LogP) is 3.41. The number of hydrogen-bond acceptors (Lipinski definition) is 4. The SMILES string of the molecule is COC(=O)c1cc(=O)c2cc(NC(=O)NC34CC5CC(CC(C5)C3)C4)ccc2[nH]1. The molecule has 1 aromatic carbocycles. The van der Waals surface area contributed by atoms with Crippen LogP contribution in [0.25, 0.3) is 10.9 Å². The van der Waals surface area contributed by atoms with Gasteiger partial charge in [0.05, 0.1) is 12.6 Å². The number of methoxy groups -OCH3 is 1. The van der Waals surface area contributed by atoms with E-state index in [1.165, 1.54) is 32.4 Å². The van der Waals surface area contributed by atoms with E-state index in [0.29, 0.717) is 16.6 Å². The predicted molar refractivity (Wildman–Crippen MR) is 109 cm³/mol. The molecule has 0 saturated heterocycles. The lowest BCUT2D eigenvalue weighted by molar-refractivity contribution is -0.0127. The maximum absolute atomic E-state index is 12.7. The summed E-state index contributed by atoms with van der Waals surface area (Å²) in [6.45, 7) is 0. The Bertz CT molecular complexity index is 1020. The molecule has 0 aliphatic heterocycles. The van der Waals surface area contributed by atoms with Crippen molar-refractivity contribution < 1.29 is 14.3 Å². The molecule has 0 spiro atoms. The van der Waals surface area contributed by atoms with Crippen LogP contribution in [0.5, 0.6) is 0 Å². The van der Waals surface area contributed by atoms with Gasteiger partial charge in [-0.05, 0) is 74.5 Å². The van der Waals surface area contributed by atoms with Crippen molar-refractivity contribution >= 4 is 28.6 Å². The van der Waals surface area contributed by atoms with Crippen LogP contribution in [0.2, 0.25) is 0 Å². The first-order valence-corrected chi connectivity index (χ1v) is 10.3.